The van der Waals surface area contributed by atoms with Crippen molar-refractivity contribution >= 4 is 17.9 Å². The number of hydrogen-bond donors (Lipinski definition) is 0. The Morgan fingerprint density at radius 3 is 1.61 bits per heavy atom. The molecule has 2 atom stereocenters. The number of methoxy groups -OCH3 is 4. The lowest BCUT2D eigenvalue weighted by molar-refractivity contribution is -0.114. The summed E-state index contributed by atoms with van der Waals surface area (Å²) in [5.41, 5.74) is 3.33. The van der Waals surface area contributed by atoms with E-state index in [0.29, 0.717) is 23.0 Å². The van der Waals surface area contributed by atoms with Crippen LogP contribution in [-0.2, 0) is 4.79 Å². The van der Waals surface area contributed by atoms with E-state index in [0.717, 1.165) is 41.7 Å². The largest absolute Gasteiger partial charge is 0.497 e. The minimum atomic E-state index is 0.0861. The summed E-state index contributed by atoms with van der Waals surface area (Å²) in [5.74, 6) is 2.88. The van der Waals surface area contributed by atoms with E-state index in [9.17, 15) is 4.79 Å². The van der Waals surface area contributed by atoms with Gasteiger partial charge in [-0.1, -0.05) is 6.92 Å². The second kappa shape index (κ2) is 9.71. The monoisotopic (exact) mass is 449 g/mol. The lowest BCUT2D eigenvalue weighted by Crippen LogP contribution is -2.46. The van der Waals surface area contributed by atoms with E-state index >= 15 is 0 Å². The van der Waals surface area contributed by atoms with Gasteiger partial charge in [0.05, 0.1) is 28.4 Å². The fourth-order valence-corrected chi connectivity index (χ4v) is 4.98. The molecule has 2 saturated heterocycles. The third kappa shape index (κ3) is 4.23. The first-order valence-corrected chi connectivity index (χ1v) is 11.2. The second-order valence-corrected chi connectivity index (χ2v) is 8.18. The zero-order chi connectivity index (χ0) is 23.5. The molecule has 2 heterocycles. The van der Waals surface area contributed by atoms with Gasteiger partial charge in [0.2, 0.25) is 0 Å². The molecule has 0 radical (unpaired) electrons. The fourth-order valence-electron chi connectivity index (χ4n) is 4.98. The maximum atomic E-state index is 13.8. The molecular weight excluding hydrogens is 418 g/mol. The average Bonchev–Trinajstić information content (AvgIpc) is 3.23. The Balaban J connectivity index is 1.81. The number of carbonyl (C=O) groups excluding carboxylic acids is 1. The Kier molecular flexibility index (Phi) is 6.75. The number of carbonyl (C=O) groups is 1. The first-order valence-electron chi connectivity index (χ1n) is 11.2. The highest BCUT2D eigenvalue weighted by atomic mass is 16.5. The molecule has 2 aliphatic rings. The number of likely N-dealkylation sites (N-methyl/N-ethyl adjacent to an activating group) is 1. The Morgan fingerprint density at radius 1 is 0.788 bits per heavy atom. The van der Waals surface area contributed by atoms with Crippen molar-refractivity contribution in [3.63, 3.8) is 0 Å². The standard InChI is InChI=1S/C27H31NO5/c1-6-28-23-11-12-24(28)22(14-18-8-10-20(31-3)16-26(18)33-5)27(29)21(23)13-17-7-9-19(30-2)15-25(17)32-4/h7-10,13-16,23-24H,6,11-12H2,1-5H3/b21-13+,22-14+. The van der Waals surface area contributed by atoms with Gasteiger partial charge in [-0.05, 0) is 55.8 Å². The van der Waals surface area contributed by atoms with Crippen LogP contribution in [0.5, 0.6) is 23.0 Å². The Bertz CT molecular complexity index is 1020. The Labute approximate surface area is 195 Å². The minimum absolute atomic E-state index is 0.0861. The fraction of sp³-hybridized carbons (Fsp3) is 0.370. The molecule has 2 bridgehead atoms. The van der Waals surface area contributed by atoms with Crippen LogP contribution in [0.1, 0.15) is 30.9 Å². The van der Waals surface area contributed by atoms with Gasteiger partial charge < -0.3 is 18.9 Å². The summed E-state index contributed by atoms with van der Waals surface area (Å²) in [5, 5.41) is 0. The highest BCUT2D eigenvalue weighted by molar-refractivity contribution is 6.16. The molecule has 0 spiro atoms. The van der Waals surface area contributed by atoms with Crippen LogP contribution in [-0.4, -0.2) is 57.8 Å². The molecule has 6 nitrogen and oxygen atoms in total. The van der Waals surface area contributed by atoms with Gasteiger partial charge in [0.1, 0.15) is 23.0 Å². The van der Waals surface area contributed by atoms with Crippen LogP contribution in [0.3, 0.4) is 0 Å². The van der Waals surface area contributed by atoms with Crippen LogP contribution in [0.2, 0.25) is 0 Å². The van der Waals surface area contributed by atoms with Crippen molar-refractivity contribution in [3.05, 3.63) is 58.7 Å². The van der Waals surface area contributed by atoms with Gasteiger partial charge in [-0.3, -0.25) is 9.69 Å². The van der Waals surface area contributed by atoms with Crippen LogP contribution < -0.4 is 18.9 Å². The first-order chi connectivity index (χ1) is 16.0. The van der Waals surface area contributed by atoms with Crippen molar-refractivity contribution in [2.75, 3.05) is 35.0 Å². The highest BCUT2D eigenvalue weighted by Crippen LogP contribution is 2.42. The summed E-state index contributed by atoms with van der Waals surface area (Å²) in [6.07, 6.45) is 5.86. The number of ketones is 1. The summed E-state index contributed by atoms with van der Waals surface area (Å²) < 4.78 is 21.8. The van der Waals surface area contributed by atoms with Crippen molar-refractivity contribution in [1.82, 2.24) is 4.90 Å². The molecule has 2 unspecified atom stereocenters. The molecule has 0 aliphatic carbocycles. The van der Waals surface area contributed by atoms with Gasteiger partial charge in [0, 0.05) is 46.5 Å². The van der Waals surface area contributed by atoms with E-state index in [1.54, 1.807) is 28.4 Å². The van der Waals surface area contributed by atoms with E-state index < -0.39 is 0 Å². The zero-order valence-electron chi connectivity index (χ0n) is 19.9. The van der Waals surface area contributed by atoms with Gasteiger partial charge in [-0.15, -0.1) is 0 Å². The third-order valence-electron chi connectivity index (χ3n) is 6.63. The molecule has 174 valence electrons. The van der Waals surface area contributed by atoms with Crippen LogP contribution in [0.4, 0.5) is 0 Å². The van der Waals surface area contributed by atoms with Crippen LogP contribution in [0, 0.1) is 0 Å². The van der Waals surface area contributed by atoms with E-state index in [1.165, 1.54) is 0 Å². The minimum Gasteiger partial charge on any atom is -0.497 e. The molecule has 2 aromatic carbocycles. The molecule has 2 aromatic rings. The summed E-state index contributed by atoms with van der Waals surface area (Å²) in [6, 6.07) is 11.5. The van der Waals surface area contributed by atoms with Crippen molar-refractivity contribution in [1.29, 1.82) is 0 Å². The molecule has 0 aromatic heterocycles. The smallest absolute Gasteiger partial charge is 0.188 e. The average molecular weight is 450 g/mol. The topological polar surface area (TPSA) is 57.2 Å². The lowest BCUT2D eigenvalue weighted by atomic mass is 9.88. The third-order valence-corrected chi connectivity index (χ3v) is 6.63. The van der Waals surface area contributed by atoms with Gasteiger partial charge in [0.15, 0.2) is 5.78 Å². The summed E-state index contributed by atoms with van der Waals surface area (Å²) in [6.45, 7) is 3.02. The van der Waals surface area contributed by atoms with Gasteiger partial charge in [-0.2, -0.15) is 0 Å². The lowest BCUT2D eigenvalue weighted by Gasteiger charge is -2.36. The number of Topliss-reactive ketones (excluding diaryl/α,β-unsaturated/α-hetero) is 1. The highest BCUT2D eigenvalue weighted by Gasteiger charge is 2.45. The number of hydrogen-bond acceptors (Lipinski definition) is 6. The molecule has 6 heteroatoms. The second-order valence-electron chi connectivity index (χ2n) is 8.18. The van der Waals surface area contributed by atoms with E-state index in [2.05, 4.69) is 11.8 Å². The predicted molar refractivity (Wildman–Crippen MR) is 129 cm³/mol. The summed E-state index contributed by atoms with van der Waals surface area (Å²) in [4.78, 5) is 16.2. The molecule has 2 fully saturated rings. The predicted octanol–water partition coefficient (Wildman–Crippen LogP) is 4.62. The molecule has 0 saturated carbocycles. The van der Waals surface area contributed by atoms with Crippen molar-refractivity contribution in [2.45, 2.75) is 31.8 Å². The maximum Gasteiger partial charge on any atom is 0.188 e. The van der Waals surface area contributed by atoms with E-state index in [1.807, 2.05) is 48.6 Å². The SMILES string of the molecule is CCN1C2CCC1/C(=C\c1ccc(OC)cc1OC)C(=O)/C2=C/c1ccc(OC)cc1OC. The van der Waals surface area contributed by atoms with Crippen molar-refractivity contribution in [3.8, 4) is 23.0 Å². The zero-order valence-corrected chi connectivity index (χ0v) is 19.9. The van der Waals surface area contributed by atoms with Crippen LogP contribution >= 0.6 is 0 Å². The van der Waals surface area contributed by atoms with E-state index in [4.69, 9.17) is 18.9 Å². The Morgan fingerprint density at radius 2 is 1.24 bits per heavy atom. The molecular formula is C27H31NO5. The number of benzene rings is 2. The number of nitrogens with zero attached hydrogens (tertiary/aromatic N) is 1. The quantitative estimate of drug-likeness (QED) is 0.575. The van der Waals surface area contributed by atoms with Gasteiger partial charge >= 0.3 is 0 Å². The van der Waals surface area contributed by atoms with Gasteiger partial charge in [0.25, 0.3) is 0 Å². The molecule has 0 N–H and O–H groups in total. The van der Waals surface area contributed by atoms with Crippen molar-refractivity contribution in [2.24, 2.45) is 0 Å². The molecule has 33 heavy (non-hydrogen) atoms. The molecule has 2 aliphatic heterocycles. The van der Waals surface area contributed by atoms with Crippen LogP contribution in [0.25, 0.3) is 12.2 Å². The van der Waals surface area contributed by atoms with Gasteiger partial charge in [-0.25, -0.2) is 0 Å². The van der Waals surface area contributed by atoms with E-state index in [-0.39, 0.29) is 17.9 Å². The van der Waals surface area contributed by atoms with Crippen LogP contribution in [0.15, 0.2) is 47.5 Å². The first kappa shape index (κ1) is 22.9. The Hall–Kier alpha value is -3.25. The number of fused-ring (bicyclic) bond motifs is 2. The number of rotatable bonds is 7. The summed E-state index contributed by atoms with van der Waals surface area (Å²) >= 11 is 0. The molecule has 4 rings (SSSR count). The van der Waals surface area contributed by atoms with Crippen molar-refractivity contribution < 1.29 is 23.7 Å². The number of piperidine rings is 1. The molecule has 0 amide bonds. The number of ether oxygens (including phenoxy) is 4. The summed E-state index contributed by atoms with van der Waals surface area (Å²) in [7, 11) is 6.51. The maximum absolute atomic E-state index is 13.8. The normalized spacial score (nSPS) is 22.6.